The first kappa shape index (κ1) is 26.5. The second-order valence-electron chi connectivity index (χ2n) is 10.5. The number of nitrogens with one attached hydrogen (secondary N) is 1. The van der Waals surface area contributed by atoms with Crippen LogP contribution in [0.15, 0.2) is 0 Å². The van der Waals surface area contributed by atoms with E-state index in [9.17, 15) is 27.1 Å². The molecule has 3 aliphatic carbocycles. The number of carbonyl (C=O) groups is 1. The van der Waals surface area contributed by atoms with Crippen molar-refractivity contribution in [2.24, 2.45) is 5.92 Å². The second-order valence-corrected chi connectivity index (χ2v) is 13.2. The number of rotatable bonds is 5. The minimum atomic E-state index is -3.75. The van der Waals surface area contributed by atoms with Gasteiger partial charge in [-0.25, -0.2) is 17.2 Å². The number of ether oxygens (including phenoxy) is 1. The third-order valence-corrected chi connectivity index (χ3v) is 11.0. The maximum atomic E-state index is 14.4. The SMILES string of the molecule is C[C@H](O)[C@H]1CN(S(=O)(=O)C2CCC(F)CC2)C2CC(NC(=O)C3C(F)CCCC3Cl)CCC2O1. The lowest BCUT2D eigenvalue weighted by atomic mass is 9.84. The molecular formula is C23H37ClF2N2O5S. The number of alkyl halides is 3. The third-order valence-electron chi connectivity index (χ3n) is 8.11. The number of fused-ring (bicyclic) bond motifs is 1. The summed E-state index contributed by atoms with van der Waals surface area (Å²) in [5.74, 6) is -1.31. The molecule has 34 heavy (non-hydrogen) atoms. The fourth-order valence-corrected chi connectivity index (χ4v) is 8.71. The van der Waals surface area contributed by atoms with E-state index in [1.165, 1.54) is 4.31 Å². The van der Waals surface area contributed by atoms with E-state index in [4.69, 9.17) is 16.3 Å². The average Bonchev–Trinajstić information content (AvgIpc) is 2.78. The molecule has 1 heterocycles. The Labute approximate surface area is 206 Å². The van der Waals surface area contributed by atoms with E-state index in [-0.39, 0.29) is 38.3 Å². The Balaban J connectivity index is 1.49. The summed E-state index contributed by atoms with van der Waals surface area (Å²) >= 11 is 6.27. The number of hydrogen-bond donors (Lipinski definition) is 2. The van der Waals surface area contributed by atoms with Crippen LogP contribution in [0.1, 0.15) is 71.1 Å². The first-order chi connectivity index (χ1) is 16.1. The van der Waals surface area contributed by atoms with Gasteiger partial charge >= 0.3 is 0 Å². The van der Waals surface area contributed by atoms with E-state index in [0.29, 0.717) is 38.5 Å². The van der Waals surface area contributed by atoms with Gasteiger partial charge in [-0.1, -0.05) is 0 Å². The van der Waals surface area contributed by atoms with Crippen LogP contribution >= 0.6 is 11.6 Å². The van der Waals surface area contributed by atoms with Crippen LogP contribution in [-0.2, 0) is 19.6 Å². The summed E-state index contributed by atoms with van der Waals surface area (Å²) < 4.78 is 62.9. The summed E-state index contributed by atoms with van der Waals surface area (Å²) in [6, 6.07) is -0.820. The molecule has 196 valence electrons. The number of carbonyl (C=O) groups excluding carboxylic acids is 1. The summed E-state index contributed by atoms with van der Waals surface area (Å²) in [6.07, 6.45) is -0.143. The molecule has 1 amide bonds. The number of aliphatic hydroxyl groups is 1. The van der Waals surface area contributed by atoms with Gasteiger partial charge in [-0.15, -0.1) is 11.6 Å². The number of amides is 1. The van der Waals surface area contributed by atoms with E-state index in [2.05, 4.69) is 5.32 Å². The van der Waals surface area contributed by atoms with Crippen LogP contribution in [0.5, 0.6) is 0 Å². The molecule has 2 N–H and O–H groups in total. The zero-order valence-corrected chi connectivity index (χ0v) is 21.2. The molecule has 4 aliphatic rings. The highest BCUT2D eigenvalue weighted by atomic mass is 35.5. The van der Waals surface area contributed by atoms with Gasteiger partial charge < -0.3 is 15.2 Å². The van der Waals surface area contributed by atoms with Crippen molar-refractivity contribution in [3.63, 3.8) is 0 Å². The molecule has 4 fully saturated rings. The Hall–Kier alpha value is -0.550. The lowest BCUT2D eigenvalue weighted by Crippen LogP contribution is -2.64. The number of hydrogen-bond acceptors (Lipinski definition) is 5. The van der Waals surface area contributed by atoms with Gasteiger partial charge in [0.05, 0.1) is 35.5 Å². The monoisotopic (exact) mass is 526 g/mol. The predicted molar refractivity (Wildman–Crippen MR) is 125 cm³/mol. The first-order valence-corrected chi connectivity index (χ1v) is 14.6. The maximum absolute atomic E-state index is 14.4. The van der Waals surface area contributed by atoms with Crippen molar-refractivity contribution in [3.05, 3.63) is 0 Å². The molecule has 7 nitrogen and oxygen atoms in total. The highest BCUT2D eigenvalue weighted by molar-refractivity contribution is 7.89. The summed E-state index contributed by atoms with van der Waals surface area (Å²) in [7, 11) is -3.75. The van der Waals surface area contributed by atoms with Crippen LogP contribution in [0.2, 0.25) is 0 Å². The number of morpholine rings is 1. The number of sulfonamides is 1. The molecule has 0 aromatic carbocycles. The van der Waals surface area contributed by atoms with Crippen molar-refractivity contribution in [1.82, 2.24) is 9.62 Å². The normalized spacial score (nSPS) is 43.0. The van der Waals surface area contributed by atoms with E-state index in [0.717, 1.165) is 0 Å². The topological polar surface area (TPSA) is 95.9 Å². The van der Waals surface area contributed by atoms with Crippen LogP contribution in [0, 0.1) is 5.92 Å². The summed E-state index contributed by atoms with van der Waals surface area (Å²) in [5.41, 5.74) is 0. The molecule has 6 unspecified atom stereocenters. The third kappa shape index (κ3) is 5.56. The molecule has 0 aromatic heterocycles. The zero-order valence-electron chi connectivity index (χ0n) is 19.6. The lowest BCUT2D eigenvalue weighted by molar-refractivity contribution is -0.147. The summed E-state index contributed by atoms with van der Waals surface area (Å²) in [4.78, 5) is 12.9. The van der Waals surface area contributed by atoms with Gasteiger partial charge in [0.25, 0.3) is 0 Å². The van der Waals surface area contributed by atoms with Gasteiger partial charge in [0.2, 0.25) is 15.9 Å². The zero-order chi connectivity index (χ0) is 24.6. The van der Waals surface area contributed by atoms with Gasteiger partial charge in [-0.2, -0.15) is 4.31 Å². The molecular weight excluding hydrogens is 490 g/mol. The van der Waals surface area contributed by atoms with Crippen molar-refractivity contribution in [2.75, 3.05) is 6.54 Å². The fraction of sp³-hybridized carbons (Fsp3) is 0.957. The quantitative estimate of drug-likeness (QED) is 0.537. The number of nitrogens with zero attached hydrogens (tertiary/aromatic N) is 1. The van der Waals surface area contributed by atoms with Crippen LogP contribution in [0.4, 0.5) is 8.78 Å². The fourth-order valence-electron chi connectivity index (χ4n) is 6.08. The van der Waals surface area contributed by atoms with Crippen molar-refractivity contribution < 1.29 is 31.8 Å². The van der Waals surface area contributed by atoms with E-state index in [1.54, 1.807) is 6.92 Å². The van der Waals surface area contributed by atoms with Crippen LogP contribution in [0.3, 0.4) is 0 Å². The van der Waals surface area contributed by atoms with Crippen LogP contribution in [0.25, 0.3) is 0 Å². The van der Waals surface area contributed by atoms with Gasteiger partial charge in [-0.3, -0.25) is 4.79 Å². The van der Waals surface area contributed by atoms with Crippen LogP contribution < -0.4 is 5.32 Å². The second kappa shape index (κ2) is 10.8. The Kier molecular flexibility index (Phi) is 8.44. The van der Waals surface area contributed by atoms with Gasteiger partial charge in [0, 0.05) is 18.0 Å². The van der Waals surface area contributed by atoms with Gasteiger partial charge in [0.15, 0.2) is 0 Å². The molecule has 0 spiro atoms. The van der Waals surface area contributed by atoms with E-state index in [1.807, 2.05) is 0 Å². The Morgan fingerprint density at radius 2 is 1.82 bits per heavy atom. The molecule has 1 aliphatic heterocycles. The maximum Gasteiger partial charge on any atom is 0.227 e. The molecule has 0 radical (unpaired) electrons. The molecule has 8 atom stereocenters. The van der Waals surface area contributed by atoms with E-state index >= 15 is 0 Å². The van der Waals surface area contributed by atoms with Crippen LogP contribution in [-0.4, -0.2) is 83.6 Å². The Morgan fingerprint density at radius 3 is 2.47 bits per heavy atom. The minimum absolute atomic E-state index is 0.0241. The van der Waals surface area contributed by atoms with Gasteiger partial charge in [-0.05, 0) is 71.1 Å². The number of aliphatic hydroxyl groups excluding tert-OH is 1. The molecule has 1 saturated heterocycles. The molecule has 0 aromatic rings. The lowest BCUT2D eigenvalue weighted by Gasteiger charge is -2.49. The first-order valence-electron chi connectivity index (χ1n) is 12.6. The van der Waals surface area contributed by atoms with E-state index < -0.39 is 69.2 Å². The minimum Gasteiger partial charge on any atom is -0.391 e. The smallest absolute Gasteiger partial charge is 0.227 e. The molecule has 4 rings (SSSR count). The molecule has 11 heteroatoms. The standard InChI is InChI=1S/C23H37ClF2N2O5S/c1-13(29)21-12-28(34(31,32)16-8-5-14(25)6-9-16)19-11-15(7-10-20(19)33-21)27-23(30)22-17(24)3-2-4-18(22)26/h13-22,29H,2-12H2,1H3,(H,27,30)/t13-,14?,15?,16?,17?,18?,19?,20?,21+,22?/m0/s1. The number of halogens is 3. The average molecular weight is 527 g/mol. The van der Waals surface area contributed by atoms with Gasteiger partial charge in [0.1, 0.15) is 12.3 Å². The van der Waals surface area contributed by atoms with Crippen molar-refractivity contribution in [2.45, 2.75) is 124 Å². The van der Waals surface area contributed by atoms with Crippen molar-refractivity contribution >= 4 is 27.5 Å². The van der Waals surface area contributed by atoms with Crippen molar-refractivity contribution in [3.8, 4) is 0 Å². The van der Waals surface area contributed by atoms with Crippen molar-refractivity contribution in [1.29, 1.82) is 0 Å². The summed E-state index contributed by atoms with van der Waals surface area (Å²) in [6.45, 7) is 1.60. The predicted octanol–water partition coefficient (Wildman–Crippen LogP) is 2.83. The Morgan fingerprint density at radius 1 is 1.12 bits per heavy atom. The Bertz CT molecular complexity index is 816. The summed E-state index contributed by atoms with van der Waals surface area (Å²) in [5, 5.41) is 11.9. The molecule has 0 bridgehead atoms. The highest BCUT2D eigenvalue weighted by Crippen LogP contribution is 2.38. The molecule has 3 saturated carbocycles. The largest absolute Gasteiger partial charge is 0.391 e. The highest BCUT2D eigenvalue weighted by Gasteiger charge is 2.49.